The third-order valence-electron chi connectivity index (χ3n) is 6.82. The molecule has 1 aliphatic rings. The summed E-state index contributed by atoms with van der Waals surface area (Å²) >= 11 is 0. The SMILES string of the molecule is CCOP1(=O)CCN(Cc2ccc(F)cc2F)CC1(CCCCN(C(=O)OC(C)(C)C)C(=O)OC(C)(C)C)C(=O)OC(C)(C)C. The van der Waals surface area contributed by atoms with Gasteiger partial charge in [0.15, 0.2) is 5.16 Å². The first kappa shape index (κ1) is 38.6. The third-order valence-corrected chi connectivity index (χ3v) is 10.1. The highest BCUT2D eigenvalue weighted by Crippen LogP contribution is 2.64. The number of benzene rings is 1. The maximum Gasteiger partial charge on any atom is 0.419 e. The first-order valence-corrected chi connectivity index (χ1v) is 17.2. The van der Waals surface area contributed by atoms with E-state index in [0.29, 0.717) is 0 Å². The molecule has 1 aliphatic heterocycles. The van der Waals surface area contributed by atoms with Crippen molar-refractivity contribution < 1.29 is 46.5 Å². The zero-order valence-corrected chi connectivity index (χ0v) is 29.4. The number of halogens is 2. The van der Waals surface area contributed by atoms with Crippen molar-refractivity contribution in [3.8, 4) is 0 Å². The van der Waals surface area contributed by atoms with Gasteiger partial charge in [-0.3, -0.25) is 14.3 Å². The van der Waals surface area contributed by atoms with E-state index in [2.05, 4.69) is 0 Å². The van der Waals surface area contributed by atoms with Crippen molar-refractivity contribution in [2.45, 2.75) is 117 Å². The molecule has 1 fully saturated rings. The molecule has 2 rings (SSSR count). The molecule has 1 aromatic carbocycles. The number of unbranched alkanes of at least 4 members (excludes halogenated alkanes) is 1. The first-order chi connectivity index (χ1) is 20.5. The van der Waals surface area contributed by atoms with Gasteiger partial charge in [-0.15, -0.1) is 0 Å². The number of hydrogen-bond acceptors (Lipinski definition) is 9. The summed E-state index contributed by atoms with van der Waals surface area (Å²) in [5.74, 6) is -2.13. The molecule has 0 spiro atoms. The van der Waals surface area contributed by atoms with Crippen LogP contribution in [-0.4, -0.2) is 82.3 Å². The van der Waals surface area contributed by atoms with Gasteiger partial charge in [-0.1, -0.05) is 6.07 Å². The van der Waals surface area contributed by atoms with Gasteiger partial charge in [0.1, 0.15) is 28.4 Å². The smallest absolute Gasteiger partial charge is 0.419 e. The van der Waals surface area contributed by atoms with Gasteiger partial charge in [-0.2, -0.15) is 0 Å². The second-order valence-corrected chi connectivity index (χ2v) is 17.3. The van der Waals surface area contributed by atoms with Crippen LogP contribution in [0.1, 0.15) is 94.1 Å². The fourth-order valence-corrected chi connectivity index (χ4v) is 7.98. The summed E-state index contributed by atoms with van der Waals surface area (Å²) in [6.45, 7) is 17.2. The normalized spacial score (nSPS) is 21.2. The number of amides is 2. The lowest BCUT2D eigenvalue weighted by atomic mass is 9.98. The molecule has 0 N–H and O–H groups in total. The molecule has 2 atom stereocenters. The van der Waals surface area contributed by atoms with Crippen molar-refractivity contribution in [1.29, 1.82) is 0 Å². The van der Waals surface area contributed by atoms with Crippen LogP contribution >= 0.6 is 7.37 Å². The van der Waals surface area contributed by atoms with Crippen molar-refractivity contribution in [2.75, 3.05) is 32.4 Å². The lowest BCUT2D eigenvalue weighted by Gasteiger charge is -2.46. The van der Waals surface area contributed by atoms with Crippen molar-refractivity contribution in [3.05, 3.63) is 35.4 Å². The van der Waals surface area contributed by atoms with Crippen LogP contribution in [0.5, 0.6) is 0 Å². The van der Waals surface area contributed by atoms with Crippen molar-refractivity contribution in [3.63, 3.8) is 0 Å². The second kappa shape index (κ2) is 14.9. The fourth-order valence-electron chi connectivity index (χ4n) is 4.97. The number of nitrogens with zero attached hydrogens (tertiary/aromatic N) is 2. The van der Waals surface area contributed by atoms with E-state index >= 15 is 0 Å². The third kappa shape index (κ3) is 11.3. The quantitative estimate of drug-likeness (QED) is 0.109. The molecule has 1 saturated heterocycles. The molecule has 0 aliphatic carbocycles. The van der Waals surface area contributed by atoms with Gasteiger partial charge in [0, 0.05) is 44.0 Å². The van der Waals surface area contributed by atoms with Crippen LogP contribution in [0.15, 0.2) is 18.2 Å². The van der Waals surface area contributed by atoms with Gasteiger partial charge in [-0.05, 0) is 94.6 Å². The summed E-state index contributed by atoms with van der Waals surface area (Å²) in [7, 11) is -3.68. The van der Waals surface area contributed by atoms with Gasteiger partial charge in [-0.25, -0.2) is 23.3 Å². The molecule has 10 nitrogen and oxygen atoms in total. The Balaban J connectivity index is 2.40. The number of ether oxygens (including phenoxy) is 3. The van der Waals surface area contributed by atoms with E-state index in [4.69, 9.17) is 18.7 Å². The monoisotopic (exact) mass is 660 g/mol. The summed E-state index contributed by atoms with van der Waals surface area (Å²) in [5, 5.41) is -1.62. The van der Waals surface area contributed by atoms with Crippen molar-refractivity contribution in [1.82, 2.24) is 9.80 Å². The predicted octanol–water partition coefficient (Wildman–Crippen LogP) is 7.52. The zero-order valence-electron chi connectivity index (χ0n) is 28.5. The number of esters is 1. The number of carbonyl (C=O) groups is 3. The van der Waals surface area contributed by atoms with Crippen LogP contribution in [-0.2, 0) is 34.6 Å². The second-order valence-electron chi connectivity index (χ2n) is 14.4. The maximum atomic E-state index is 14.6. The van der Waals surface area contributed by atoms with E-state index in [1.807, 2.05) is 0 Å². The van der Waals surface area contributed by atoms with E-state index in [0.717, 1.165) is 17.0 Å². The standard InChI is InChI=1S/C32H51F2N2O8P/c1-11-41-45(40)19-18-35(21-23-14-15-24(33)20-25(23)34)22-32(45,26(37)42-29(2,3)4)16-12-13-17-36(27(38)43-30(5,6)7)28(39)44-31(8,9)10/h14-15,20H,11-13,16-19,21-22H2,1-10H3. The molecule has 0 saturated carbocycles. The summed E-state index contributed by atoms with van der Waals surface area (Å²) in [4.78, 5) is 42.6. The summed E-state index contributed by atoms with van der Waals surface area (Å²) in [6.07, 6.45) is -1.21. The molecule has 13 heteroatoms. The van der Waals surface area contributed by atoms with E-state index in [1.54, 1.807) is 74.1 Å². The zero-order chi connectivity index (χ0) is 34.4. The van der Waals surface area contributed by atoms with Crippen LogP contribution in [0.25, 0.3) is 0 Å². The fraction of sp³-hybridized carbons (Fsp3) is 0.719. The molecule has 0 aromatic heterocycles. The largest absolute Gasteiger partial charge is 0.459 e. The van der Waals surface area contributed by atoms with Crippen LogP contribution in [0.2, 0.25) is 0 Å². The van der Waals surface area contributed by atoms with Crippen molar-refractivity contribution >= 4 is 25.5 Å². The van der Waals surface area contributed by atoms with E-state index in [-0.39, 0.29) is 63.8 Å². The van der Waals surface area contributed by atoms with Gasteiger partial charge < -0.3 is 18.7 Å². The molecule has 0 bridgehead atoms. The number of rotatable bonds is 10. The van der Waals surface area contributed by atoms with Crippen LogP contribution in [0.3, 0.4) is 0 Å². The molecular formula is C32H51F2N2O8P. The molecule has 1 heterocycles. The predicted molar refractivity (Wildman–Crippen MR) is 167 cm³/mol. The van der Waals surface area contributed by atoms with Gasteiger partial charge >= 0.3 is 18.2 Å². The molecule has 45 heavy (non-hydrogen) atoms. The summed E-state index contributed by atoms with van der Waals surface area (Å²) in [6, 6.07) is 3.31. The minimum absolute atomic E-state index is 0.0187. The number of imide groups is 1. The Morgan fingerprint density at radius 3 is 1.96 bits per heavy atom. The minimum atomic E-state index is -3.68. The highest BCUT2D eigenvalue weighted by molar-refractivity contribution is 7.62. The van der Waals surface area contributed by atoms with Gasteiger partial charge in [0.25, 0.3) is 0 Å². The Labute approximate surface area is 266 Å². The molecule has 2 amide bonds. The van der Waals surface area contributed by atoms with Crippen LogP contribution in [0.4, 0.5) is 18.4 Å². The highest BCUT2D eigenvalue weighted by atomic mass is 31.2. The van der Waals surface area contributed by atoms with Crippen LogP contribution < -0.4 is 0 Å². The molecule has 2 unspecified atom stereocenters. The Kier molecular flexibility index (Phi) is 12.8. The van der Waals surface area contributed by atoms with Gasteiger partial charge in [0.05, 0.1) is 6.61 Å². The molecular weight excluding hydrogens is 609 g/mol. The number of carbonyl (C=O) groups excluding carboxylic acids is 3. The van der Waals surface area contributed by atoms with E-state index in [9.17, 15) is 27.7 Å². The minimum Gasteiger partial charge on any atom is -0.459 e. The average molecular weight is 661 g/mol. The molecule has 1 aromatic rings. The average Bonchev–Trinajstić information content (AvgIpc) is 2.84. The van der Waals surface area contributed by atoms with Crippen molar-refractivity contribution in [2.24, 2.45) is 0 Å². The Hall–Kier alpha value is -2.56. The van der Waals surface area contributed by atoms with E-state index < -0.39 is 59.1 Å². The number of hydrogen-bond donors (Lipinski definition) is 0. The van der Waals surface area contributed by atoms with Crippen LogP contribution in [0, 0.1) is 11.6 Å². The summed E-state index contributed by atoms with van der Waals surface area (Å²) < 4.78 is 65.3. The Morgan fingerprint density at radius 1 is 0.911 bits per heavy atom. The highest BCUT2D eigenvalue weighted by Gasteiger charge is 2.59. The topological polar surface area (TPSA) is 112 Å². The lowest BCUT2D eigenvalue weighted by Crippen LogP contribution is -2.56. The van der Waals surface area contributed by atoms with Gasteiger partial charge in [0.2, 0.25) is 7.37 Å². The van der Waals surface area contributed by atoms with E-state index in [1.165, 1.54) is 6.07 Å². The Bertz CT molecular complexity index is 1230. The Morgan fingerprint density at radius 2 is 1.47 bits per heavy atom. The first-order valence-electron chi connectivity index (χ1n) is 15.4. The molecule has 0 radical (unpaired) electrons. The summed E-state index contributed by atoms with van der Waals surface area (Å²) in [5.41, 5.74) is -2.40. The molecule has 256 valence electrons. The lowest BCUT2D eigenvalue weighted by molar-refractivity contribution is -0.160. The maximum absolute atomic E-state index is 14.6.